The molecule has 0 aliphatic rings. The molecule has 0 heterocycles. The molecule has 1 rings (SSSR count). The van der Waals surface area contributed by atoms with Crippen LogP contribution in [0.15, 0.2) is 24.3 Å². The highest BCUT2D eigenvalue weighted by Gasteiger charge is 2.42. The summed E-state index contributed by atoms with van der Waals surface area (Å²) >= 11 is 0. The molecule has 0 unspecified atom stereocenters. The van der Waals surface area contributed by atoms with Crippen LogP contribution in [-0.2, 0) is 20.2 Å². The monoisotopic (exact) mass is 244 g/mol. The lowest BCUT2D eigenvalue weighted by atomic mass is 10.1. The molecule has 92 valence electrons. The molecular weight excluding hydrogens is 234 g/mol. The van der Waals surface area contributed by atoms with Crippen molar-refractivity contribution < 1.29 is 27.8 Å². The van der Waals surface area contributed by atoms with E-state index in [0.717, 1.165) is 31.4 Å². The van der Waals surface area contributed by atoms with Crippen LogP contribution in [0.4, 0.5) is 8.78 Å². The molecule has 0 saturated carbocycles. The van der Waals surface area contributed by atoms with E-state index in [4.69, 9.17) is 0 Å². The van der Waals surface area contributed by atoms with Crippen LogP contribution in [0, 0.1) is 0 Å². The first-order valence-corrected chi connectivity index (χ1v) is 4.58. The smallest absolute Gasteiger partial charge is 0.381 e. The first kappa shape index (κ1) is 13.1. The molecule has 0 radical (unpaired) electrons. The molecular formula is C11H10F2O4. The van der Waals surface area contributed by atoms with Crippen LogP contribution in [0.1, 0.15) is 15.9 Å². The van der Waals surface area contributed by atoms with E-state index in [1.807, 2.05) is 0 Å². The average molecular weight is 244 g/mol. The minimum Gasteiger partial charge on any atom is -0.465 e. The summed E-state index contributed by atoms with van der Waals surface area (Å²) < 4.78 is 35.1. The van der Waals surface area contributed by atoms with Crippen molar-refractivity contribution in [2.45, 2.75) is 5.92 Å². The summed E-state index contributed by atoms with van der Waals surface area (Å²) in [5.74, 6) is -6.02. The van der Waals surface area contributed by atoms with E-state index in [-0.39, 0.29) is 5.56 Å². The van der Waals surface area contributed by atoms with Gasteiger partial charge in [0.15, 0.2) is 0 Å². The van der Waals surface area contributed by atoms with Crippen LogP contribution in [-0.4, -0.2) is 26.2 Å². The van der Waals surface area contributed by atoms with Crippen LogP contribution in [0.2, 0.25) is 0 Å². The Hall–Kier alpha value is -1.98. The number of carbonyl (C=O) groups excluding carboxylic acids is 2. The maximum atomic E-state index is 13.4. The molecule has 0 aliphatic heterocycles. The lowest BCUT2D eigenvalue weighted by molar-refractivity contribution is -0.170. The SMILES string of the molecule is COC(=O)c1ccc(C(F)(F)C(=O)OC)cc1. The molecule has 0 saturated heterocycles. The molecule has 17 heavy (non-hydrogen) atoms. The molecule has 1 aromatic carbocycles. The zero-order valence-corrected chi connectivity index (χ0v) is 9.20. The highest BCUT2D eigenvalue weighted by Crippen LogP contribution is 2.29. The van der Waals surface area contributed by atoms with Crippen molar-refractivity contribution in [3.63, 3.8) is 0 Å². The van der Waals surface area contributed by atoms with Gasteiger partial charge in [0.05, 0.1) is 19.8 Å². The quantitative estimate of drug-likeness (QED) is 0.760. The minimum atomic E-state index is -3.73. The Morgan fingerprint density at radius 3 is 2.00 bits per heavy atom. The highest BCUT2D eigenvalue weighted by atomic mass is 19.3. The van der Waals surface area contributed by atoms with Gasteiger partial charge in [-0.1, -0.05) is 12.1 Å². The van der Waals surface area contributed by atoms with Gasteiger partial charge in [-0.2, -0.15) is 8.78 Å². The summed E-state index contributed by atoms with van der Waals surface area (Å²) in [7, 11) is 2.05. The van der Waals surface area contributed by atoms with Gasteiger partial charge in [0, 0.05) is 5.56 Å². The van der Waals surface area contributed by atoms with Crippen LogP contribution < -0.4 is 0 Å². The molecule has 0 aromatic heterocycles. The Labute approximate surface area is 96.1 Å². The lowest BCUT2D eigenvalue weighted by Crippen LogP contribution is -2.27. The lowest BCUT2D eigenvalue weighted by Gasteiger charge is -2.13. The van der Waals surface area contributed by atoms with Gasteiger partial charge in [-0.05, 0) is 12.1 Å². The normalized spacial score (nSPS) is 10.8. The molecule has 0 aliphatic carbocycles. The number of halogens is 2. The van der Waals surface area contributed by atoms with Gasteiger partial charge < -0.3 is 9.47 Å². The van der Waals surface area contributed by atoms with E-state index in [0.29, 0.717) is 0 Å². The largest absolute Gasteiger partial charge is 0.465 e. The number of methoxy groups -OCH3 is 2. The predicted octanol–water partition coefficient (Wildman–Crippen LogP) is 1.74. The fraction of sp³-hybridized carbons (Fsp3) is 0.273. The van der Waals surface area contributed by atoms with E-state index in [2.05, 4.69) is 9.47 Å². The van der Waals surface area contributed by atoms with E-state index in [1.165, 1.54) is 7.11 Å². The first-order valence-electron chi connectivity index (χ1n) is 4.58. The molecule has 0 bridgehead atoms. The Morgan fingerprint density at radius 2 is 1.59 bits per heavy atom. The highest BCUT2D eigenvalue weighted by molar-refractivity contribution is 5.89. The Balaban J connectivity index is 3.02. The van der Waals surface area contributed by atoms with E-state index >= 15 is 0 Å². The third-order valence-corrected chi connectivity index (χ3v) is 2.11. The number of hydrogen-bond acceptors (Lipinski definition) is 4. The van der Waals surface area contributed by atoms with Gasteiger partial charge in [0.25, 0.3) is 0 Å². The maximum absolute atomic E-state index is 13.4. The van der Waals surface area contributed by atoms with Crippen LogP contribution in [0.5, 0.6) is 0 Å². The number of ether oxygens (including phenoxy) is 2. The molecule has 4 nitrogen and oxygen atoms in total. The van der Waals surface area contributed by atoms with E-state index in [1.54, 1.807) is 0 Å². The van der Waals surface area contributed by atoms with Gasteiger partial charge in [0.2, 0.25) is 0 Å². The summed E-state index contributed by atoms with van der Waals surface area (Å²) in [5, 5.41) is 0. The van der Waals surface area contributed by atoms with Crippen molar-refractivity contribution in [1.29, 1.82) is 0 Å². The third kappa shape index (κ3) is 2.58. The van der Waals surface area contributed by atoms with E-state index < -0.39 is 23.4 Å². The summed E-state index contributed by atoms with van der Waals surface area (Å²) in [5.41, 5.74) is -0.422. The Morgan fingerprint density at radius 1 is 1.06 bits per heavy atom. The summed E-state index contributed by atoms with van der Waals surface area (Å²) in [6.07, 6.45) is 0. The zero-order chi connectivity index (χ0) is 13.1. The summed E-state index contributed by atoms with van der Waals surface area (Å²) in [6, 6.07) is 4.25. The van der Waals surface area contributed by atoms with Gasteiger partial charge in [-0.3, -0.25) is 0 Å². The second-order valence-corrected chi connectivity index (χ2v) is 3.13. The van der Waals surface area contributed by atoms with Gasteiger partial charge >= 0.3 is 17.9 Å². The van der Waals surface area contributed by atoms with Crippen molar-refractivity contribution in [3.05, 3.63) is 35.4 Å². The van der Waals surface area contributed by atoms with Crippen molar-refractivity contribution in [2.75, 3.05) is 14.2 Å². The summed E-state index contributed by atoms with van der Waals surface area (Å²) in [6.45, 7) is 0. The number of carbonyl (C=O) groups is 2. The number of alkyl halides is 2. The van der Waals surface area contributed by atoms with E-state index in [9.17, 15) is 18.4 Å². The van der Waals surface area contributed by atoms with Crippen LogP contribution >= 0.6 is 0 Å². The van der Waals surface area contributed by atoms with Crippen molar-refractivity contribution in [3.8, 4) is 0 Å². The number of hydrogen-bond donors (Lipinski definition) is 0. The number of rotatable bonds is 3. The van der Waals surface area contributed by atoms with Crippen molar-refractivity contribution in [1.82, 2.24) is 0 Å². The predicted molar refractivity (Wildman–Crippen MR) is 53.7 cm³/mol. The van der Waals surface area contributed by atoms with Gasteiger partial charge in [-0.15, -0.1) is 0 Å². The Kier molecular flexibility index (Phi) is 3.77. The number of benzene rings is 1. The topological polar surface area (TPSA) is 52.6 Å². The summed E-state index contributed by atoms with van der Waals surface area (Å²) in [4.78, 5) is 21.9. The standard InChI is InChI=1S/C11H10F2O4/c1-16-9(14)7-3-5-8(6-4-7)11(12,13)10(15)17-2/h3-6H,1-2H3. The average Bonchev–Trinajstić information content (AvgIpc) is 2.36. The zero-order valence-electron chi connectivity index (χ0n) is 9.20. The first-order chi connectivity index (χ1) is 7.93. The molecule has 0 amide bonds. The van der Waals surface area contributed by atoms with Crippen LogP contribution in [0.25, 0.3) is 0 Å². The maximum Gasteiger partial charge on any atom is 0.381 e. The second kappa shape index (κ2) is 4.90. The molecule has 0 fully saturated rings. The molecule has 6 heteroatoms. The van der Waals surface area contributed by atoms with Crippen molar-refractivity contribution in [2.24, 2.45) is 0 Å². The fourth-order valence-electron chi connectivity index (χ4n) is 1.18. The van der Waals surface area contributed by atoms with Crippen molar-refractivity contribution >= 4 is 11.9 Å². The molecule has 0 atom stereocenters. The van der Waals surface area contributed by atoms with Gasteiger partial charge in [0.1, 0.15) is 0 Å². The van der Waals surface area contributed by atoms with Crippen LogP contribution in [0.3, 0.4) is 0 Å². The minimum absolute atomic E-state index is 0.122. The molecule has 0 spiro atoms. The molecule has 1 aromatic rings. The second-order valence-electron chi connectivity index (χ2n) is 3.13. The Bertz CT molecular complexity index is 426. The van der Waals surface area contributed by atoms with Gasteiger partial charge in [-0.25, -0.2) is 9.59 Å². The fourth-order valence-corrected chi connectivity index (χ4v) is 1.18. The third-order valence-electron chi connectivity index (χ3n) is 2.11. The number of esters is 2. The molecule has 0 N–H and O–H groups in total.